The van der Waals surface area contributed by atoms with E-state index in [0.717, 1.165) is 16.8 Å². The highest BCUT2D eigenvalue weighted by atomic mass is 35.5. The van der Waals surface area contributed by atoms with Crippen LogP contribution < -0.4 is 10.1 Å². The van der Waals surface area contributed by atoms with Gasteiger partial charge in [0.1, 0.15) is 5.75 Å². The number of aryl methyl sites for hydroxylation is 1. The third-order valence-electron chi connectivity index (χ3n) is 3.55. The summed E-state index contributed by atoms with van der Waals surface area (Å²) in [5.41, 5.74) is 2.56. The lowest BCUT2D eigenvalue weighted by Crippen LogP contribution is -2.30. The SMILES string of the molecule is CCOCc1ccccc1NC(=O)C(C)Oc1ccc(Cl)cc1C. The van der Waals surface area contributed by atoms with Gasteiger partial charge in [-0.2, -0.15) is 0 Å². The van der Waals surface area contributed by atoms with Gasteiger partial charge in [-0.3, -0.25) is 4.79 Å². The van der Waals surface area contributed by atoms with E-state index >= 15 is 0 Å². The Balaban J connectivity index is 2.04. The summed E-state index contributed by atoms with van der Waals surface area (Å²) in [5, 5.41) is 3.54. The molecule has 5 heteroatoms. The first-order valence-electron chi connectivity index (χ1n) is 7.90. The maximum Gasteiger partial charge on any atom is 0.265 e. The fourth-order valence-electron chi connectivity index (χ4n) is 2.20. The smallest absolute Gasteiger partial charge is 0.265 e. The molecule has 0 radical (unpaired) electrons. The van der Waals surface area contributed by atoms with Crippen LogP contribution in [0.2, 0.25) is 5.02 Å². The molecule has 0 aliphatic rings. The summed E-state index contributed by atoms with van der Waals surface area (Å²) in [5.74, 6) is 0.429. The largest absolute Gasteiger partial charge is 0.481 e. The monoisotopic (exact) mass is 347 g/mol. The van der Waals surface area contributed by atoms with Crippen LogP contribution in [-0.2, 0) is 16.1 Å². The fourth-order valence-corrected chi connectivity index (χ4v) is 2.43. The van der Waals surface area contributed by atoms with Gasteiger partial charge >= 0.3 is 0 Å². The minimum atomic E-state index is -0.634. The predicted octanol–water partition coefficient (Wildman–Crippen LogP) is 4.59. The van der Waals surface area contributed by atoms with Crippen molar-refractivity contribution in [3.63, 3.8) is 0 Å². The van der Waals surface area contributed by atoms with E-state index in [2.05, 4.69) is 5.32 Å². The van der Waals surface area contributed by atoms with Crippen LogP contribution in [0, 0.1) is 6.92 Å². The molecule has 0 bridgehead atoms. The second-order valence-electron chi connectivity index (χ2n) is 5.45. The number of nitrogens with one attached hydrogen (secondary N) is 1. The number of hydrogen-bond acceptors (Lipinski definition) is 3. The maximum absolute atomic E-state index is 12.4. The van der Waals surface area contributed by atoms with E-state index in [-0.39, 0.29) is 5.91 Å². The number of benzene rings is 2. The zero-order chi connectivity index (χ0) is 17.5. The van der Waals surface area contributed by atoms with Crippen molar-refractivity contribution in [2.24, 2.45) is 0 Å². The maximum atomic E-state index is 12.4. The topological polar surface area (TPSA) is 47.6 Å². The summed E-state index contributed by atoms with van der Waals surface area (Å²) in [6.07, 6.45) is -0.634. The van der Waals surface area contributed by atoms with Crippen LogP contribution in [0.15, 0.2) is 42.5 Å². The van der Waals surface area contributed by atoms with Crippen LogP contribution in [0.1, 0.15) is 25.0 Å². The summed E-state index contributed by atoms with van der Waals surface area (Å²) in [6.45, 7) is 6.62. The molecule has 0 spiro atoms. The Morgan fingerprint density at radius 1 is 1.25 bits per heavy atom. The van der Waals surface area contributed by atoms with E-state index in [1.807, 2.05) is 38.1 Å². The van der Waals surface area contributed by atoms with E-state index in [1.165, 1.54) is 0 Å². The van der Waals surface area contributed by atoms with Gasteiger partial charge in [0.2, 0.25) is 0 Å². The van der Waals surface area contributed by atoms with Crippen LogP contribution in [0.25, 0.3) is 0 Å². The molecule has 0 saturated carbocycles. The van der Waals surface area contributed by atoms with E-state index < -0.39 is 6.10 Å². The number of amides is 1. The Hall–Kier alpha value is -2.04. The number of hydrogen-bond donors (Lipinski definition) is 1. The quantitative estimate of drug-likeness (QED) is 0.796. The standard InChI is InChI=1S/C19H22ClNO3/c1-4-23-12-15-7-5-6-8-17(15)21-19(22)14(3)24-18-10-9-16(20)11-13(18)2/h5-11,14H,4,12H2,1-3H3,(H,21,22). The van der Waals surface area contributed by atoms with Crippen molar-refractivity contribution >= 4 is 23.2 Å². The Labute approximate surface area is 147 Å². The highest BCUT2D eigenvalue weighted by Gasteiger charge is 2.17. The molecule has 128 valence electrons. The van der Waals surface area contributed by atoms with Gasteiger partial charge in [0.15, 0.2) is 6.10 Å². The predicted molar refractivity (Wildman–Crippen MR) is 96.7 cm³/mol. The number of para-hydroxylation sites is 1. The summed E-state index contributed by atoms with van der Waals surface area (Å²) in [7, 11) is 0. The third kappa shape index (κ3) is 4.98. The average molecular weight is 348 g/mol. The minimum absolute atomic E-state index is 0.215. The summed E-state index contributed by atoms with van der Waals surface area (Å²) in [6, 6.07) is 12.9. The Morgan fingerprint density at radius 3 is 2.71 bits per heavy atom. The number of carbonyl (C=O) groups excluding carboxylic acids is 1. The molecule has 0 fully saturated rings. The molecule has 0 aliphatic heterocycles. The summed E-state index contributed by atoms with van der Waals surface area (Å²) in [4.78, 5) is 12.4. The molecule has 1 unspecified atom stereocenters. The molecule has 0 aromatic heterocycles. The first kappa shape index (κ1) is 18.3. The zero-order valence-corrected chi connectivity index (χ0v) is 14.9. The highest BCUT2D eigenvalue weighted by molar-refractivity contribution is 6.30. The first-order valence-corrected chi connectivity index (χ1v) is 8.28. The van der Waals surface area contributed by atoms with Gasteiger partial charge in [-0.1, -0.05) is 29.8 Å². The van der Waals surface area contributed by atoms with Crippen molar-refractivity contribution in [3.8, 4) is 5.75 Å². The molecule has 1 N–H and O–H groups in total. The number of ether oxygens (including phenoxy) is 2. The molecule has 1 atom stereocenters. The molecule has 0 aliphatic carbocycles. The number of anilines is 1. The van der Waals surface area contributed by atoms with Gasteiger partial charge < -0.3 is 14.8 Å². The van der Waals surface area contributed by atoms with Crippen LogP contribution in [0.3, 0.4) is 0 Å². The minimum Gasteiger partial charge on any atom is -0.481 e. The second kappa shape index (κ2) is 8.71. The number of rotatable bonds is 7. The lowest BCUT2D eigenvalue weighted by Gasteiger charge is -2.17. The molecule has 24 heavy (non-hydrogen) atoms. The van der Waals surface area contributed by atoms with Crippen LogP contribution >= 0.6 is 11.6 Å². The van der Waals surface area contributed by atoms with Gasteiger partial charge in [0.05, 0.1) is 6.61 Å². The molecule has 2 rings (SSSR count). The van der Waals surface area contributed by atoms with Crippen LogP contribution in [0.4, 0.5) is 5.69 Å². The van der Waals surface area contributed by atoms with Crippen molar-refractivity contribution in [3.05, 3.63) is 58.6 Å². The lowest BCUT2D eigenvalue weighted by molar-refractivity contribution is -0.122. The lowest BCUT2D eigenvalue weighted by atomic mass is 10.2. The van der Waals surface area contributed by atoms with Gasteiger partial charge in [-0.25, -0.2) is 0 Å². The van der Waals surface area contributed by atoms with Crippen molar-refractivity contribution in [2.75, 3.05) is 11.9 Å². The number of carbonyl (C=O) groups is 1. The van der Waals surface area contributed by atoms with Gasteiger partial charge in [0.25, 0.3) is 5.91 Å². The van der Waals surface area contributed by atoms with E-state index in [1.54, 1.807) is 25.1 Å². The summed E-state index contributed by atoms with van der Waals surface area (Å²) < 4.78 is 11.2. The third-order valence-corrected chi connectivity index (χ3v) is 3.78. The normalized spacial score (nSPS) is 11.8. The van der Waals surface area contributed by atoms with E-state index in [0.29, 0.717) is 24.0 Å². The van der Waals surface area contributed by atoms with Gasteiger partial charge in [0, 0.05) is 22.9 Å². The summed E-state index contributed by atoms with van der Waals surface area (Å²) >= 11 is 5.94. The Morgan fingerprint density at radius 2 is 2.00 bits per heavy atom. The van der Waals surface area contributed by atoms with E-state index in [9.17, 15) is 4.79 Å². The Bertz CT molecular complexity index is 703. The number of halogens is 1. The van der Waals surface area contributed by atoms with Gasteiger partial charge in [-0.15, -0.1) is 0 Å². The molecule has 2 aromatic rings. The first-order chi connectivity index (χ1) is 11.5. The fraction of sp³-hybridized carbons (Fsp3) is 0.316. The van der Waals surface area contributed by atoms with Crippen molar-refractivity contribution in [1.82, 2.24) is 0 Å². The molecule has 4 nitrogen and oxygen atoms in total. The average Bonchev–Trinajstić information content (AvgIpc) is 2.56. The van der Waals surface area contributed by atoms with Crippen molar-refractivity contribution in [2.45, 2.75) is 33.5 Å². The molecule has 0 heterocycles. The molecule has 1 amide bonds. The van der Waals surface area contributed by atoms with Gasteiger partial charge in [-0.05, 0) is 50.6 Å². The molecular weight excluding hydrogens is 326 g/mol. The highest BCUT2D eigenvalue weighted by Crippen LogP contribution is 2.23. The molecule has 0 saturated heterocycles. The zero-order valence-electron chi connectivity index (χ0n) is 14.1. The molecule has 2 aromatic carbocycles. The second-order valence-corrected chi connectivity index (χ2v) is 5.89. The van der Waals surface area contributed by atoms with E-state index in [4.69, 9.17) is 21.1 Å². The van der Waals surface area contributed by atoms with Crippen LogP contribution in [0.5, 0.6) is 5.75 Å². The molecular formula is C19H22ClNO3. The Kier molecular flexibility index (Phi) is 6.64. The van der Waals surface area contributed by atoms with Crippen LogP contribution in [-0.4, -0.2) is 18.6 Å². The van der Waals surface area contributed by atoms with Crippen molar-refractivity contribution < 1.29 is 14.3 Å². The van der Waals surface area contributed by atoms with Crippen molar-refractivity contribution in [1.29, 1.82) is 0 Å².